The van der Waals surface area contributed by atoms with Crippen molar-refractivity contribution in [2.75, 3.05) is 14.2 Å². The maximum atomic E-state index is 11.3. The topological polar surface area (TPSA) is 70.8 Å². The van der Waals surface area contributed by atoms with Crippen molar-refractivity contribution in [3.63, 3.8) is 0 Å². The van der Waals surface area contributed by atoms with Gasteiger partial charge < -0.3 is 19.9 Å². The van der Waals surface area contributed by atoms with Crippen LogP contribution >= 0.6 is 12.2 Å². The number of ether oxygens (including phenoxy) is 3. The Morgan fingerprint density at radius 2 is 1.89 bits per heavy atom. The van der Waals surface area contributed by atoms with Gasteiger partial charge in [0, 0.05) is 11.6 Å². The molecule has 0 saturated heterocycles. The molecule has 5 nitrogen and oxygen atoms in total. The maximum Gasteiger partial charge on any atom is 0.346 e. The number of hydrogen-bond acceptors (Lipinski definition) is 5. The normalized spacial score (nSPS) is 11.5. The van der Waals surface area contributed by atoms with Gasteiger partial charge in [0.1, 0.15) is 16.5 Å². The quantitative estimate of drug-likeness (QED) is 0.641. The summed E-state index contributed by atoms with van der Waals surface area (Å²) in [6.45, 7) is 1.59. The summed E-state index contributed by atoms with van der Waals surface area (Å²) in [5.41, 5.74) is 6.16. The molecule has 98 valence electrons. The molecule has 0 saturated carbocycles. The second kappa shape index (κ2) is 6.20. The number of rotatable bonds is 5. The molecule has 0 aliphatic rings. The molecule has 6 heteroatoms. The highest BCUT2D eigenvalue weighted by molar-refractivity contribution is 7.80. The zero-order chi connectivity index (χ0) is 13.7. The van der Waals surface area contributed by atoms with Gasteiger partial charge in [0.25, 0.3) is 0 Å². The van der Waals surface area contributed by atoms with Gasteiger partial charge in [-0.05, 0) is 19.1 Å². The van der Waals surface area contributed by atoms with Crippen LogP contribution in [0.2, 0.25) is 0 Å². The zero-order valence-corrected chi connectivity index (χ0v) is 11.2. The van der Waals surface area contributed by atoms with Crippen LogP contribution in [-0.4, -0.2) is 31.3 Å². The number of benzene rings is 1. The Bertz CT molecular complexity index is 461. The third kappa shape index (κ3) is 3.59. The van der Waals surface area contributed by atoms with E-state index < -0.39 is 12.1 Å². The number of hydrogen-bond donors (Lipinski definition) is 1. The summed E-state index contributed by atoms with van der Waals surface area (Å²) in [6.07, 6.45) is -0.721. The highest BCUT2D eigenvalue weighted by Crippen LogP contribution is 2.23. The summed E-state index contributed by atoms with van der Waals surface area (Å²) in [6, 6.07) is 4.98. The Morgan fingerprint density at radius 1 is 1.28 bits per heavy atom. The van der Waals surface area contributed by atoms with E-state index in [0.717, 1.165) is 0 Å². The Labute approximate surface area is 111 Å². The highest BCUT2D eigenvalue weighted by Gasteiger charge is 2.15. The van der Waals surface area contributed by atoms with E-state index in [9.17, 15) is 4.79 Å². The average molecular weight is 269 g/mol. The molecule has 0 bridgehead atoms. The standard InChI is InChI=1S/C12H15NO4S/c1-7(12(14)16-3)17-10-5-8(11(13)18)4-9(6-10)15-2/h4-7H,1-3H3,(H2,13,18). The molecule has 0 radical (unpaired) electrons. The lowest BCUT2D eigenvalue weighted by molar-refractivity contribution is -0.147. The minimum atomic E-state index is -0.721. The summed E-state index contributed by atoms with van der Waals surface area (Å²) in [4.78, 5) is 11.5. The van der Waals surface area contributed by atoms with Crippen LogP contribution in [0.5, 0.6) is 11.5 Å². The van der Waals surface area contributed by atoms with Crippen LogP contribution in [0.3, 0.4) is 0 Å². The minimum absolute atomic E-state index is 0.226. The van der Waals surface area contributed by atoms with Gasteiger partial charge >= 0.3 is 5.97 Å². The Balaban J connectivity index is 2.98. The number of nitrogens with two attached hydrogens (primary N) is 1. The summed E-state index contributed by atoms with van der Waals surface area (Å²) >= 11 is 4.89. The maximum absolute atomic E-state index is 11.3. The molecule has 0 heterocycles. The van der Waals surface area contributed by atoms with Crippen LogP contribution in [-0.2, 0) is 9.53 Å². The monoisotopic (exact) mass is 269 g/mol. The van der Waals surface area contributed by atoms with Crippen LogP contribution in [0, 0.1) is 0 Å². The molecular formula is C12H15NO4S. The van der Waals surface area contributed by atoms with Crippen molar-refractivity contribution in [3.8, 4) is 11.5 Å². The van der Waals surface area contributed by atoms with Crippen LogP contribution in [0.4, 0.5) is 0 Å². The van der Waals surface area contributed by atoms with E-state index in [2.05, 4.69) is 4.74 Å². The van der Waals surface area contributed by atoms with E-state index in [4.69, 9.17) is 27.4 Å². The molecule has 0 amide bonds. The Kier molecular flexibility index (Phi) is 4.91. The van der Waals surface area contributed by atoms with Gasteiger partial charge in [-0.3, -0.25) is 0 Å². The lowest BCUT2D eigenvalue weighted by atomic mass is 10.2. The molecule has 1 atom stereocenters. The van der Waals surface area contributed by atoms with Gasteiger partial charge in [-0.25, -0.2) is 4.79 Å². The number of methoxy groups -OCH3 is 2. The Morgan fingerprint density at radius 3 is 2.39 bits per heavy atom. The lowest BCUT2D eigenvalue weighted by Gasteiger charge is -2.14. The van der Waals surface area contributed by atoms with E-state index in [1.807, 2.05) is 0 Å². The third-order valence-corrected chi connectivity index (χ3v) is 2.48. The van der Waals surface area contributed by atoms with Crippen molar-refractivity contribution in [3.05, 3.63) is 23.8 Å². The van der Waals surface area contributed by atoms with Crippen LogP contribution in [0.25, 0.3) is 0 Å². The second-order valence-electron chi connectivity index (χ2n) is 3.54. The first-order valence-electron chi connectivity index (χ1n) is 5.21. The fourth-order valence-corrected chi connectivity index (χ4v) is 1.44. The summed E-state index contributed by atoms with van der Waals surface area (Å²) in [7, 11) is 2.82. The van der Waals surface area contributed by atoms with Crippen molar-refractivity contribution >= 4 is 23.2 Å². The molecule has 1 aromatic rings. The molecule has 0 aliphatic heterocycles. The van der Waals surface area contributed by atoms with Gasteiger partial charge in [0.15, 0.2) is 6.10 Å². The summed E-state index contributed by atoms with van der Waals surface area (Å²) in [5, 5.41) is 0. The number of esters is 1. The number of carbonyl (C=O) groups is 1. The van der Waals surface area contributed by atoms with Crippen molar-refractivity contribution in [1.82, 2.24) is 0 Å². The molecule has 1 aromatic carbocycles. The number of thiocarbonyl (C=S) groups is 1. The SMILES string of the molecule is COC(=O)C(C)Oc1cc(OC)cc(C(N)=S)c1. The first-order valence-corrected chi connectivity index (χ1v) is 5.62. The van der Waals surface area contributed by atoms with E-state index >= 15 is 0 Å². The van der Waals surface area contributed by atoms with Crippen molar-refractivity contribution in [1.29, 1.82) is 0 Å². The molecule has 0 aliphatic carbocycles. The first kappa shape index (κ1) is 14.2. The number of carbonyl (C=O) groups excluding carboxylic acids is 1. The van der Waals surface area contributed by atoms with Gasteiger partial charge in [0.2, 0.25) is 0 Å². The molecule has 0 spiro atoms. The molecule has 2 N–H and O–H groups in total. The van der Waals surface area contributed by atoms with Gasteiger partial charge in [-0.1, -0.05) is 12.2 Å². The third-order valence-electron chi connectivity index (χ3n) is 2.25. The molecule has 0 aromatic heterocycles. The predicted octanol–water partition coefficient (Wildman–Crippen LogP) is 1.27. The molecular weight excluding hydrogens is 254 g/mol. The van der Waals surface area contributed by atoms with Gasteiger partial charge in [-0.2, -0.15) is 0 Å². The van der Waals surface area contributed by atoms with E-state index in [1.165, 1.54) is 14.2 Å². The fraction of sp³-hybridized carbons (Fsp3) is 0.333. The van der Waals surface area contributed by atoms with Gasteiger partial charge in [-0.15, -0.1) is 0 Å². The van der Waals surface area contributed by atoms with Gasteiger partial charge in [0.05, 0.1) is 14.2 Å². The minimum Gasteiger partial charge on any atom is -0.497 e. The van der Waals surface area contributed by atoms with Crippen LogP contribution in [0.1, 0.15) is 12.5 Å². The predicted molar refractivity (Wildman–Crippen MR) is 71.0 cm³/mol. The fourth-order valence-electron chi connectivity index (χ4n) is 1.32. The average Bonchev–Trinajstić information content (AvgIpc) is 2.36. The largest absolute Gasteiger partial charge is 0.497 e. The van der Waals surface area contributed by atoms with E-state index in [0.29, 0.717) is 17.1 Å². The van der Waals surface area contributed by atoms with Crippen LogP contribution in [0.15, 0.2) is 18.2 Å². The summed E-state index contributed by atoms with van der Waals surface area (Å²) in [5.74, 6) is 0.525. The summed E-state index contributed by atoms with van der Waals surface area (Å²) < 4.78 is 15.1. The highest BCUT2D eigenvalue weighted by atomic mass is 32.1. The zero-order valence-electron chi connectivity index (χ0n) is 10.4. The van der Waals surface area contributed by atoms with Crippen molar-refractivity contribution in [2.24, 2.45) is 5.73 Å². The Hall–Kier alpha value is -1.82. The van der Waals surface area contributed by atoms with E-state index in [1.54, 1.807) is 25.1 Å². The van der Waals surface area contributed by atoms with E-state index in [-0.39, 0.29) is 4.99 Å². The van der Waals surface area contributed by atoms with Crippen molar-refractivity contribution < 1.29 is 19.0 Å². The smallest absolute Gasteiger partial charge is 0.346 e. The van der Waals surface area contributed by atoms with Crippen LogP contribution < -0.4 is 15.2 Å². The van der Waals surface area contributed by atoms with Crippen molar-refractivity contribution in [2.45, 2.75) is 13.0 Å². The second-order valence-corrected chi connectivity index (χ2v) is 3.98. The first-order chi connectivity index (χ1) is 8.47. The molecule has 1 unspecified atom stereocenters. The lowest BCUT2D eigenvalue weighted by Crippen LogP contribution is -2.25. The molecule has 18 heavy (non-hydrogen) atoms. The molecule has 1 rings (SSSR count). The molecule has 0 fully saturated rings.